The van der Waals surface area contributed by atoms with Crippen LogP contribution in [0.15, 0.2) is 48.5 Å². The van der Waals surface area contributed by atoms with E-state index in [2.05, 4.69) is 0 Å². The zero-order chi connectivity index (χ0) is 30.4. The van der Waals surface area contributed by atoms with Crippen molar-refractivity contribution in [2.45, 2.75) is 71.1 Å². The van der Waals surface area contributed by atoms with Crippen LogP contribution in [0.5, 0.6) is 17.2 Å². The lowest BCUT2D eigenvalue weighted by molar-refractivity contribution is -0.147. The minimum absolute atomic E-state index is 0.115. The van der Waals surface area contributed by atoms with Crippen molar-refractivity contribution in [2.24, 2.45) is 5.73 Å². The molecule has 2 aromatic carbocycles. The van der Waals surface area contributed by atoms with Crippen LogP contribution in [-0.2, 0) is 30.2 Å². The summed E-state index contributed by atoms with van der Waals surface area (Å²) >= 11 is 0. The van der Waals surface area contributed by atoms with Crippen LogP contribution in [0.1, 0.15) is 52.5 Å². The second-order valence-electron chi connectivity index (χ2n) is 9.25. The van der Waals surface area contributed by atoms with Crippen LogP contribution in [0.25, 0.3) is 0 Å². The summed E-state index contributed by atoms with van der Waals surface area (Å²) in [6.07, 6.45) is -2.93. The minimum atomic E-state index is -1.64. The molecule has 0 fully saturated rings. The van der Waals surface area contributed by atoms with E-state index in [9.17, 15) is 19.2 Å². The van der Waals surface area contributed by atoms with Gasteiger partial charge in [0.25, 0.3) is 0 Å². The van der Waals surface area contributed by atoms with Crippen LogP contribution in [0.3, 0.4) is 0 Å². The number of benzene rings is 2. The van der Waals surface area contributed by atoms with Crippen molar-refractivity contribution in [1.82, 2.24) is 0 Å². The molecule has 12 nitrogen and oxygen atoms in total. The fraction of sp³-hybridized carbons (Fsp3) is 0.448. The molecule has 0 saturated heterocycles. The second kappa shape index (κ2) is 16.1. The third kappa shape index (κ3) is 11.0. The zero-order valence-electron chi connectivity index (χ0n) is 23.9. The van der Waals surface area contributed by atoms with E-state index < -0.39 is 42.2 Å². The van der Waals surface area contributed by atoms with Crippen molar-refractivity contribution in [3.63, 3.8) is 0 Å². The predicted octanol–water partition coefficient (Wildman–Crippen LogP) is 5.33. The van der Waals surface area contributed by atoms with Crippen LogP contribution in [-0.4, -0.2) is 55.9 Å². The number of hydrogen-bond donors (Lipinski definition) is 1. The molecule has 2 rings (SSSR count). The van der Waals surface area contributed by atoms with E-state index in [0.717, 1.165) is 0 Å². The summed E-state index contributed by atoms with van der Waals surface area (Å²) in [5.41, 5.74) is 5.17. The van der Waals surface area contributed by atoms with Crippen LogP contribution < -0.4 is 19.9 Å². The SMILES string of the molecule is CCC(C)OC(=O)Oc1cc(C[C@](N)(CCOC(=O)Oc2ccccc2)C(=O)OC)ccc1OC(=O)O[C@@H](C)CC. The molecule has 0 aliphatic rings. The Labute approximate surface area is 238 Å². The first-order valence-corrected chi connectivity index (χ1v) is 13.2. The maximum Gasteiger partial charge on any atom is 0.514 e. The lowest BCUT2D eigenvalue weighted by Crippen LogP contribution is -2.51. The van der Waals surface area contributed by atoms with Gasteiger partial charge in [-0.2, -0.15) is 0 Å². The second-order valence-corrected chi connectivity index (χ2v) is 9.25. The first kappa shape index (κ1) is 32.9. The van der Waals surface area contributed by atoms with Crippen molar-refractivity contribution in [1.29, 1.82) is 0 Å². The van der Waals surface area contributed by atoms with Gasteiger partial charge >= 0.3 is 24.4 Å². The molecule has 0 aliphatic carbocycles. The molecule has 0 heterocycles. The Morgan fingerprint density at radius 1 is 0.805 bits per heavy atom. The standard InChI is InChI=1S/C29H37NO11/c1-6-19(3)37-27(33)40-23-14-13-21(17-24(23)41-28(34)38-20(4)7-2)18-29(30,25(31)35-5)15-16-36-26(32)39-22-11-9-8-10-12-22/h8-14,17,19-20H,6-7,15-16,18,30H2,1-5H3/t19-,20?,29+/m0/s1. The molecule has 0 saturated carbocycles. The molecule has 224 valence electrons. The molecular formula is C29H37NO11. The first-order valence-electron chi connectivity index (χ1n) is 13.2. The molecule has 12 heteroatoms. The Hall–Kier alpha value is -4.32. The molecule has 0 bridgehead atoms. The maximum atomic E-state index is 12.7. The number of carbonyl (C=O) groups is 4. The number of nitrogens with two attached hydrogens (primary N) is 1. The maximum absolute atomic E-state index is 12.7. The van der Waals surface area contributed by atoms with Crippen LogP contribution >= 0.6 is 0 Å². The fourth-order valence-corrected chi connectivity index (χ4v) is 3.31. The van der Waals surface area contributed by atoms with Crippen molar-refractivity contribution in [3.05, 3.63) is 54.1 Å². The molecule has 41 heavy (non-hydrogen) atoms. The van der Waals surface area contributed by atoms with E-state index >= 15 is 0 Å². The highest BCUT2D eigenvalue weighted by Gasteiger charge is 2.36. The van der Waals surface area contributed by atoms with Gasteiger partial charge < -0.3 is 38.9 Å². The zero-order valence-corrected chi connectivity index (χ0v) is 23.9. The summed E-state index contributed by atoms with van der Waals surface area (Å²) in [6.45, 7) is 6.80. The Morgan fingerprint density at radius 3 is 1.95 bits per heavy atom. The van der Waals surface area contributed by atoms with Gasteiger partial charge in [-0.05, 0) is 56.5 Å². The summed E-state index contributed by atoms with van der Waals surface area (Å²) in [5, 5.41) is 0. The third-order valence-electron chi connectivity index (χ3n) is 5.96. The molecule has 0 amide bonds. The van der Waals surface area contributed by atoms with Gasteiger partial charge in [0.05, 0.1) is 13.7 Å². The van der Waals surface area contributed by atoms with Crippen molar-refractivity contribution >= 4 is 24.4 Å². The number of esters is 1. The van der Waals surface area contributed by atoms with Gasteiger partial charge in [0.2, 0.25) is 0 Å². The summed E-state index contributed by atoms with van der Waals surface area (Å²) in [6, 6.07) is 12.6. The van der Waals surface area contributed by atoms with Crippen molar-refractivity contribution < 1.29 is 52.3 Å². The summed E-state index contributed by atoms with van der Waals surface area (Å²) in [4.78, 5) is 49.3. The van der Waals surface area contributed by atoms with Crippen molar-refractivity contribution in [2.75, 3.05) is 13.7 Å². The topological polar surface area (TPSA) is 159 Å². The average Bonchev–Trinajstić information content (AvgIpc) is 2.94. The van der Waals surface area contributed by atoms with Crippen molar-refractivity contribution in [3.8, 4) is 17.2 Å². The van der Waals surface area contributed by atoms with E-state index in [0.29, 0.717) is 24.2 Å². The van der Waals surface area contributed by atoms with E-state index in [1.807, 2.05) is 13.8 Å². The normalized spacial score (nSPS) is 13.5. The number of methoxy groups -OCH3 is 1. The minimum Gasteiger partial charge on any atom is -0.468 e. The first-order chi connectivity index (χ1) is 19.5. The molecule has 0 aliphatic heterocycles. The molecule has 0 spiro atoms. The largest absolute Gasteiger partial charge is 0.514 e. The van der Waals surface area contributed by atoms with E-state index in [1.165, 1.54) is 25.3 Å². The molecular weight excluding hydrogens is 538 g/mol. The van der Waals surface area contributed by atoms with Crippen LogP contribution in [0, 0.1) is 0 Å². The van der Waals surface area contributed by atoms with Gasteiger partial charge in [-0.1, -0.05) is 38.1 Å². The van der Waals surface area contributed by atoms with Gasteiger partial charge in [0, 0.05) is 12.8 Å². The molecule has 3 atom stereocenters. The van der Waals surface area contributed by atoms with E-state index in [1.54, 1.807) is 44.2 Å². The van der Waals surface area contributed by atoms with Gasteiger partial charge in [0.1, 0.15) is 23.5 Å². The lowest BCUT2D eigenvalue weighted by Gasteiger charge is -2.26. The Morgan fingerprint density at radius 2 is 1.39 bits per heavy atom. The number of carbonyl (C=O) groups excluding carboxylic acids is 4. The van der Waals surface area contributed by atoms with Gasteiger partial charge in [0.15, 0.2) is 11.5 Å². The molecule has 2 N–H and O–H groups in total. The highest BCUT2D eigenvalue weighted by molar-refractivity contribution is 5.81. The summed E-state index contributed by atoms with van der Waals surface area (Å²) < 4.78 is 35.9. The Balaban J connectivity index is 2.21. The number of rotatable bonds is 13. The number of ether oxygens (including phenoxy) is 7. The Bertz CT molecular complexity index is 1170. The molecule has 1 unspecified atom stereocenters. The number of hydrogen-bond acceptors (Lipinski definition) is 12. The highest BCUT2D eigenvalue weighted by atomic mass is 16.8. The van der Waals surface area contributed by atoms with Gasteiger partial charge in [-0.3, -0.25) is 4.79 Å². The summed E-state index contributed by atoms with van der Waals surface area (Å²) in [5.74, 6) is -0.754. The average molecular weight is 576 g/mol. The summed E-state index contributed by atoms with van der Waals surface area (Å²) in [7, 11) is 1.17. The monoisotopic (exact) mass is 575 g/mol. The third-order valence-corrected chi connectivity index (χ3v) is 5.96. The molecule has 0 aromatic heterocycles. The Kier molecular flexibility index (Phi) is 12.9. The van der Waals surface area contributed by atoms with Gasteiger partial charge in [-0.25, -0.2) is 14.4 Å². The van der Waals surface area contributed by atoms with Gasteiger partial charge in [-0.15, -0.1) is 0 Å². The number of para-hydroxylation sites is 1. The van der Waals surface area contributed by atoms with Crippen LogP contribution in [0.4, 0.5) is 14.4 Å². The fourth-order valence-electron chi connectivity index (χ4n) is 3.31. The smallest absolute Gasteiger partial charge is 0.468 e. The molecule has 2 aromatic rings. The van der Waals surface area contributed by atoms with E-state index in [-0.39, 0.29) is 30.9 Å². The predicted molar refractivity (Wildman–Crippen MR) is 146 cm³/mol. The van der Waals surface area contributed by atoms with E-state index in [4.69, 9.17) is 38.9 Å². The molecule has 0 radical (unpaired) electrons. The quantitative estimate of drug-likeness (QED) is 0.186. The lowest BCUT2D eigenvalue weighted by atomic mass is 9.88. The highest BCUT2D eigenvalue weighted by Crippen LogP contribution is 2.31. The van der Waals surface area contributed by atoms with Crippen LogP contribution in [0.2, 0.25) is 0 Å².